The van der Waals surface area contributed by atoms with Crippen LogP contribution in [0.1, 0.15) is 42.5 Å². The highest BCUT2D eigenvalue weighted by Crippen LogP contribution is 2.42. The molecular weight excluding hydrogens is 334 g/mol. The fourth-order valence-corrected chi connectivity index (χ4v) is 4.59. The van der Waals surface area contributed by atoms with E-state index in [4.69, 9.17) is 9.84 Å². The molecule has 0 radical (unpaired) electrons. The zero-order valence-electron chi connectivity index (χ0n) is 14.9. The van der Waals surface area contributed by atoms with Crippen LogP contribution in [-0.2, 0) is 9.53 Å². The molecule has 1 amide bonds. The highest BCUT2D eigenvalue weighted by molar-refractivity contribution is 5.87. The topological polar surface area (TPSA) is 83.0 Å². The zero-order chi connectivity index (χ0) is 18.1. The number of hydrogen-bond acceptors (Lipinski definition) is 5. The van der Waals surface area contributed by atoms with Crippen LogP contribution < -0.4 is 4.90 Å². The predicted octanol–water partition coefficient (Wildman–Crippen LogP) is 1.78. The van der Waals surface area contributed by atoms with E-state index in [1.54, 1.807) is 12.1 Å². The molecule has 1 spiro atoms. The average Bonchev–Trinajstić information content (AvgIpc) is 3.10. The van der Waals surface area contributed by atoms with Gasteiger partial charge in [0.1, 0.15) is 5.82 Å². The molecule has 3 aliphatic rings. The number of piperidine rings is 1. The van der Waals surface area contributed by atoms with Gasteiger partial charge in [-0.1, -0.05) is 0 Å². The number of aromatic carboxylic acids is 1. The maximum Gasteiger partial charge on any atom is 0.337 e. The van der Waals surface area contributed by atoms with Crippen molar-refractivity contribution in [3.8, 4) is 0 Å². The first-order valence-electron chi connectivity index (χ1n) is 9.42. The number of hydrogen-bond donors (Lipinski definition) is 1. The lowest BCUT2D eigenvalue weighted by atomic mass is 9.77. The molecule has 3 aliphatic heterocycles. The summed E-state index contributed by atoms with van der Waals surface area (Å²) in [5, 5.41) is 9.01. The Labute approximate surface area is 152 Å². The van der Waals surface area contributed by atoms with Crippen molar-refractivity contribution in [3.05, 3.63) is 23.9 Å². The summed E-state index contributed by atoms with van der Waals surface area (Å²) in [5.41, 5.74) is -0.133. The van der Waals surface area contributed by atoms with Crippen molar-refractivity contribution in [2.75, 3.05) is 37.7 Å². The minimum atomic E-state index is -0.975. The van der Waals surface area contributed by atoms with E-state index in [9.17, 15) is 9.59 Å². The molecule has 1 atom stereocenters. The summed E-state index contributed by atoms with van der Waals surface area (Å²) >= 11 is 0. The highest BCUT2D eigenvalue weighted by atomic mass is 16.5. The van der Waals surface area contributed by atoms with Gasteiger partial charge in [-0.05, 0) is 44.2 Å². The Morgan fingerprint density at radius 2 is 2.04 bits per heavy atom. The molecule has 140 valence electrons. The van der Waals surface area contributed by atoms with Gasteiger partial charge in [0.2, 0.25) is 5.91 Å². The Kier molecular flexibility index (Phi) is 4.56. The van der Waals surface area contributed by atoms with Gasteiger partial charge in [0.25, 0.3) is 0 Å². The van der Waals surface area contributed by atoms with E-state index in [1.807, 2.05) is 0 Å². The van der Waals surface area contributed by atoms with Gasteiger partial charge in [-0.3, -0.25) is 4.79 Å². The summed E-state index contributed by atoms with van der Waals surface area (Å²) in [6, 6.07) is 3.63. The van der Waals surface area contributed by atoms with Crippen LogP contribution >= 0.6 is 0 Å². The van der Waals surface area contributed by atoms with Crippen LogP contribution in [0, 0.1) is 5.41 Å². The van der Waals surface area contributed by atoms with Gasteiger partial charge in [-0.2, -0.15) is 0 Å². The van der Waals surface area contributed by atoms with Crippen molar-refractivity contribution in [3.63, 3.8) is 0 Å². The molecule has 1 aromatic heterocycles. The minimum Gasteiger partial charge on any atom is -0.478 e. The molecule has 0 aromatic carbocycles. The van der Waals surface area contributed by atoms with Crippen LogP contribution in [0.3, 0.4) is 0 Å². The first-order chi connectivity index (χ1) is 12.6. The summed E-state index contributed by atoms with van der Waals surface area (Å²) < 4.78 is 5.45. The number of carbonyl (C=O) groups excluding carboxylic acids is 1. The second-order valence-corrected chi connectivity index (χ2v) is 7.61. The third kappa shape index (κ3) is 3.05. The van der Waals surface area contributed by atoms with Crippen molar-refractivity contribution in [1.82, 2.24) is 9.88 Å². The lowest BCUT2D eigenvalue weighted by Gasteiger charge is -2.44. The van der Waals surface area contributed by atoms with Crippen LogP contribution in [0.5, 0.6) is 0 Å². The SMILES string of the molecule is O=C(O)c1ccc(N2CCC3(CCCN(C4CCOCC4)C3=O)C2)nc1. The lowest BCUT2D eigenvalue weighted by Crippen LogP contribution is -2.54. The molecule has 7 nitrogen and oxygen atoms in total. The van der Waals surface area contributed by atoms with Crippen LogP contribution in [-0.4, -0.2) is 65.8 Å². The van der Waals surface area contributed by atoms with E-state index < -0.39 is 5.97 Å². The molecule has 4 heterocycles. The summed E-state index contributed by atoms with van der Waals surface area (Å²) in [7, 11) is 0. The second kappa shape index (κ2) is 6.87. The Morgan fingerprint density at radius 3 is 2.73 bits per heavy atom. The average molecular weight is 359 g/mol. The molecule has 1 aromatic rings. The smallest absolute Gasteiger partial charge is 0.337 e. The van der Waals surface area contributed by atoms with Gasteiger partial charge >= 0.3 is 5.97 Å². The summed E-state index contributed by atoms with van der Waals surface area (Å²) in [5.74, 6) is 0.0691. The number of nitrogens with zero attached hydrogens (tertiary/aromatic N) is 3. The third-order valence-corrected chi connectivity index (χ3v) is 6.07. The first kappa shape index (κ1) is 17.3. The van der Waals surface area contributed by atoms with Gasteiger partial charge in [0.05, 0.1) is 11.0 Å². The van der Waals surface area contributed by atoms with Crippen LogP contribution in [0.2, 0.25) is 0 Å². The van der Waals surface area contributed by atoms with E-state index in [1.165, 1.54) is 6.20 Å². The second-order valence-electron chi connectivity index (χ2n) is 7.61. The van der Waals surface area contributed by atoms with E-state index in [0.29, 0.717) is 18.5 Å². The fourth-order valence-electron chi connectivity index (χ4n) is 4.59. The number of carboxylic acid groups (broad SMARTS) is 1. The van der Waals surface area contributed by atoms with Gasteiger partial charge in [0, 0.05) is 45.1 Å². The molecule has 0 aliphatic carbocycles. The molecule has 4 rings (SSSR count). The first-order valence-corrected chi connectivity index (χ1v) is 9.42. The predicted molar refractivity (Wildman–Crippen MR) is 95.2 cm³/mol. The molecular formula is C19H25N3O4. The number of anilines is 1. The monoisotopic (exact) mass is 359 g/mol. The summed E-state index contributed by atoms with van der Waals surface area (Å²) in [6.45, 7) is 3.80. The van der Waals surface area contributed by atoms with E-state index >= 15 is 0 Å². The third-order valence-electron chi connectivity index (χ3n) is 6.07. The summed E-state index contributed by atoms with van der Waals surface area (Å²) in [6.07, 6.45) is 6.07. The normalized spacial score (nSPS) is 27.3. The Balaban J connectivity index is 1.48. The minimum absolute atomic E-state index is 0.182. The van der Waals surface area contributed by atoms with E-state index in [0.717, 1.165) is 64.2 Å². The van der Waals surface area contributed by atoms with Crippen molar-refractivity contribution >= 4 is 17.7 Å². The molecule has 1 unspecified atom stereocenters. The van der Waals surface area contributed by atoms with Gasteiger partial charge < -0.3 is 19.6 Å². The molecule has 0 saturated carbocycles. The molecule has 1 N–H and O–H groups in total. The Bertz CT molecular complexity index is 687. The van der Waals surface area contributed by atoms with Crippen LogP contribution in [0.4, 0.5) is 5.82 Å². The maximum absolute atomic E-state index is 13.3. The number of likely N-dealkylation sites (tertiary alicyclic amines) is 1. The van der Waals surface area contributed by atoms with Gasteiger partial charge in [0.15, 0.2) is 0 Å². The van der Waals surface area contributed by atoms with Crippen molar-refractivity contribution < 1.29 is 19.4 Å². The molecule has 26 heavy (non-hydrogen) atoms. The van der Waals surface area contributed by atoms with Crippen LogP contribution in [0.25, 0.3) is 0 Å². The quantitative estimate of drug-likeness (QED) is 0.886. The van der Waals surface area contributed by atoms with Crippen molar-refractivity contribution in [2.24, 2.45) is 5.41 Å². The number of carboxylic acids is 1. The number of aromatic nitrogens is 1. The lowest BCUT2D eigenvalue weighted by molar-refractivity contribution is -0.149. The molecule has 7 heteroatoms. The maximum atomic E-state index is 13.3. The van der Waals surface area contributed by atoms with Gasteiger partial charge in [-0.25, -0.2) is 9.78 Å². The number of ether oxygens (including phenoxy) is 1. The molecule has 3 saturated heterocycles. The Hall–Kier alpha value is -2.15. The van der Waals surface area contributed by atoms with Crippen molar-refractivity contribution in [1.29, 1.82) is 0 Å². The number of rotatable bonds is 3. The molecule has 0 bridgehead atoms. The van der Waals surface area contributed by atoms with E-state index in [2.05, 4.69) is 14.8 Å². The number of carbonyl (C=O) groups is 2. The Morgan fingerprint density at radius 1 is 1.23 bits per heavy atom. The number of pyridine rings is 1. The zero-order valence-corrected chi connectivity index (χ0v) is 14.9. The van der Waals surface area contributed by atoms with E-state index in [-0.39, 0.29) is 11.0 Å². The van der Waals surface area contributed by atoms with Gasteiger partial charge in [-0.15, -0.1) is 0 Å². The van der Waals surface area contributed by atoms with Crippen molar-refractivity contribution in [2.45, 2.75) is 38.1 Å². The number of amides is 1. The standard InChI is InChI=1S/C19H25N3O4/c23-17(24)14-2-3-16(20-12-14)21-9-7-19(13-21)6-1-8-22(18(19)25)15-4-10-26-11-5-15/h2-3,12,15H,1,4-11,13H2,(H,23,24). The summed E-state index contributed by atoms with van der Waals surface area (Å²) in [4.78, 5) is 32.8. The highest BCUT2D eigenvalue weighted by Gasteiger charge is 2.49. The fraction of sp³-hybridized carbons (Fsp3) is 0.632. The molecule has 3 fully saturated rings. The largest absolute Gasteiger partial charge is 0.478 e. The van der Waals surface area contributed by atoms with Crippen LogP contribution in [0.15, 0.2) is 18.3 Å².